The van der Waals surface area contributed by atoms with Crippen molar-refractivity contribution in [3.63, 3.8) is 0 Å². The second-order valence-electron chi connectivity index (χ2n) is 4.53. The highest BCUT2D eigenvalue weighted by molar-refractivity contribution is 7.98. The fraction of sp³-hybridized carbons (Fsp3) is 0.333. The maximum Gasteiger partial charge on any atom is 0.336 e. The maximum atomic E-state index is 12.3. The van der Waals surface area contributed by atoms with E-state index in [0.29, 0.717) is 5.75 Å². The summed E-state index contributed by atoms with van der Waals surface area (Å²) in [4.78, 5) is 35.5. The predicted molar refractivity (Wildman–Crippen MR) is 86.3 cm³/mol. The zero-order valence-corrected chi connectivity index (χ0v) is 13.4. The SMILES string of the molecule is CSCC(NC(=O)c1ccccc1C(=O)O)C(=O)NCCC#N. The van der Waals surface area contributed by atoms with E-state index in [4.69, 9.17) is 10.4 Å². The average Bonchev–Trinajstić information content (AvgIpc) is 2.54. The van der Waals surface area contributed by atoms with Gasteiger partial charge in [-0.2, -0.15) is 17.0 Å². The molecule has 8 heteroatoms. The number of nitrogens with one attached hydrogen (secondary N) is 2. The van der Waals surface area contributed by atoms with Crippen molar-refractivity contribution in [3.8, 4) is 6.07 Å². The number of hydrogen-bond donors (Lipinski definition) is 3. The summed E-state index contributed by atoms with van der Waals surface area (Å²) in [5.74, 6) is -1.91. The molecule has 2 amide bonds. The lowest BCUT2D eigenvalue weighted by Crippen LogP contribution is -2.48. The van der Waals surface area contributed by atoms with E-state index in [1.54, 1.807) is 12.3 Å². The monoisotopic (exact) mass is 335 g/mol. The Morgan fingerprint density at radius 3 is 2.52 bits per heavy atom. The van der Waals surface area contributed by atoms with Crippen LogP contribution in [0.3, 0.4) is 0 Å². The van der Waals surface area contributed by atoms with Gasteiger partial charge in [0.15, 0.2) is 0 Å². The highest BCUT2D eigenvalue weighted by Crippen LogP contribution is 2.09. The summed E-state index contributed by atoms with van der Waals surface area (Å²) in [6.45, 7) is 0.196. The Kier molecular flexibility index (Phi) is 7.63. The lowest BCUT2D eigenvalue weighted by Gasteiger charge is -2.17. The number of amides is 2. The summed E-state index contributed by atoms with van der Waals surface area (Å²) in [5.41, 5.74) is -0.131. The van der Waals surface area contributed by atoms with Crippen LogP contribution in [0.4, 0.5) is 0 Å². The summed E-state index contributed by atoms with van der Waals surface area (Å²) in [7, 11) is 0. The summed E-state index contributed by atoms with van der Waals surface area (Å²) >= 11 is 1.37. The summed E-state index contributed by atoms with van der Waals surface area (Å²) in [5, 5.41) is 22.7. The van der Waals surface area contributed by atoms with Gasteiger partial charge < -0.3 is 15.7 Å². The molecule has 0 fully saturated rings. The van der Waals surface area contributed by atoms with Gasteiger partial charge in [-0.15, -0.1) is 0 Å². The molecule has 0 heterocycles. The van der Waals surface area contributed by atoms with E-state index in [-0.39, 0.29) is 24.1 Å². The fourth-order valence-corrected chi connectivity index (χ4v) is 2.39. The Balaban J connectivity index is 2.84. The van der Waals surface area contributed by atoms with Crippen LogP contribution in [0.1, 0.15) is 27.1 Å². The smallest absolute Gasteiger partial charge is 0.336 e. The van der Waals surface area contributed by atoms with E-state index >= 15 is 0 Å². The third-order valence-electron chi connectivity index (χ3n) is 2.89. The van der Waals surface area contributed by atoms with Gasteiger partial charge in [-0.3, -0.25) is 9.59 Å². The highest BCUT2D eigenvalue weighted by atomic mass is 32.2. The van der Waals surface area contributed by atoms with Gasteiger partial charge >= 0.3 is 5.97 Å². The number of benzene rings is 1. The van der Waals surface area contributed by atoms with Crippen LogP contribution in [0.15, 0.2) is 24.3 Å². The number of carbonyl (C=O) groups excluding carboxylic acids is 2. The second kappa shape index (κ2) is 9.48. The van der Waals surface area contributed by atoms with Gasteiger partial charge in [0.2, 0.25) is 5.91 Å². The summed E-state index contributed by atoms with van der Waals surface area (Å²) in [6.07, 6.45) is 1.96. The van der Waals surface area contributed by atoms with Crippen molar-refractivity contribution in [2.45, 2.75) is 12.5 Å². The van der Waals surface area contributed by atoms with E-state index in [2.05, 4.69) is 10.6 Å². The van der Waals surface area contributed by atoms with Crippen LogP contribution >= 0.6 is 11.8 Å². The maximum absolute atomic E-state index is 12.3. The Hall–Kier alpha value is -2.53. The van der Waals surface area contributed by atoms with Crippen LogP contribution < -0.4 is 10.6 Å². The molecule has 1 rings (SSSR count). The van der Waals surface area contributed by atoms with Crippen LogP contribution in [0.25, 0.3) is 0 Å². The van der Waals surface area contributed by atoms with Gasteiger partial charge in [-0.1, -0.05) is 12.1 Å². The first kappa shape index (κ1) is 18.5. The number of thioether (sulfide) groups is 1. The molecule has 0 bridgehead atoms. The van der Waals surface area contributed by atoms with E-state index in [1.165, 1.54) is 30.0 Å². The average molecular weight is 335 g/mol. The lowest BCUT2D eigenvalue weighted by molar-refractivity contribution is -0.122. The van der Waals surface area contributed by atoms with Gasteiger partial charge in [-0.05, 0) is 18.4 Å². The first-order valence-electron chi connectivity index (χ1n) is 6.78. The normalized spacial score (nSPS) is 11.1. The van der Waals surface area contributed by atoms with Crippen LogP contribution in [-0.4, -0.2) is 47.5 Å². The minimum absolute atomic E-state index is 0.00377. The highest BCUT2D eigenvalue weighted by Gasteiger charge is 2.23. The predicted octanol–water partition coefficient (Wildman–Crippen LogP) is 0.876. The van der Waals surface area contributed by atoms with Crippen molar-refractivity contribution in [1.82, 2.24) is 10.6 Å². The fourth-order valence-electron chi connectivity index (χ4n) is 1.82. The van der Waals surface area contributed by atoms with Gasteiger partial charge in [-0.25, -0.2) is 4.79 Å². The van der Waals surface area contributed by atoms with Crippen molar-refractivity contribution in [2.24, 2.45) is 0 Å². The number of carboxylic acid groups (broad SMARTS) is 1. The number of carboxylic acids is 1. The van der Waals surface area contributed by atoms with E-state index < -0.39 is 23.8 Å². The number of hydrogen-bond acceptors (Lipinski definition) is 5. The van der Waals surface area contributed by atoms with Crippen molar-refractivity contribution < 1.29 is 19.5 Å². The Morgan fingerprint density at radius 2 is 1.96 bits per heavy atom. The lowest BCUT2D eigenvalue weighted by atomic mass is 10.1. The van der Waals surface area contributed by atoms with E-state index in [0.717, 1.165) is 0 Å². The van der Waals surface area contributed by atoms with Crippen LogP contribution in [0, 0.1) is 11.3 Å². The van der Waals surface area contributed by atoms with Crippen LogP contribution in [-0.2, 0) is 4.79 Å². The van der Waals surface area contributed by atoms with E-state index in [9.17, 15) is 14.4 Å². The van der Waals surface area contributed by atoms with E-state index in [1.807, 2.05) is 6.07 Å². The third-order valence-corrected chi connectivity index (χ3v) is 3.56. The van der Waals surface area contributed by atoms with Crippen molar-refractivity contribution in [1.29, 1.82) is 5.26 Å². The molecule has 7 nitrogen and oxygen atoms in total. The topological polar surface area (TPSA) is 119 Å². The minimum atomic E-state index is -1.21. The van der Waals surface area contributed by atoms with Crippen molar-refractivity contribution in [3.05, 3.63) is 35.4 Å². The molecule has 1 unspecified atom stereocenters. The number of carbonyl (C=O) groups is 3. The molecule has 1 atom stereocenters. The molecule has 0 aliphatic rings. The van der Waals surface area contributed by atoms with Crippen molar-refractivity contribution in [2.75, 3.05) is 18.6 Å². The van der Waals surface area contributed by atoms with Crippen molar-refractivity contribution >= 4 is 29.5 Å². The Labute approximate surface area is 138 Å². The zero-order valence-electron chi connectivity index (χ0n) is 12.5. The second-order valence-corrected chi connectivity index (χ2v) is 5.44. The third kappa shape index (κ3) is 5.64. The largest absolute Gasteiger partial charge is 0.478 e. The zero-order chi connectivity index (χ0) is 17.2. The van der Waals surface area contributed by atoms with Crippen LogP contribution in [0.5, 0.6) is 0 Å². The number of nitriles is 1. The molecule has 23 heavy (non-hydrogen) atoms. The molecule has 3 N–H and O–H groups in total. The molecule has 0 aliphatic heterocycles. The summed E-state index contributed by atoms with van der Waals surface area (Å²) < 4.78 is 0. The molecule has 0 spiro atoms. The number of rotatable bonds is 8. The molecular formula is C15H17N3O4S. The van der Waals surface area contributed by atoms with Gasteiger partial charge in [0, 0.05) is 12.3 Å². The minimum Gasteiger partial charge on any atom is -0.478 e. The van der Waals surface area contributed by atoms with Gasteiger partial charge in [0.1, 0.15) is 6.04 Å². The Morgan fingerprint density at radius 1 is 1.30 bits per heavy atom. The molecular weight excluding hydrogens is 318 g/mol. The molecule has 0 radical (unpaired) electrons. The molecule has 0 saturated carbocycles. The summed E-state index contributed by atoms with van der Waals surface area (Å²) in [6, 6.07) is 6.89. The Bertz CT molecular complexity index is 627. The number of nitrogens with zero attached hydrogens (tertiary/aromatic N) is 1. The number of aromatic carboxylic acids is 1. The van der Waals surface area contributed by atoms with Gasteiger partial charge in [0.05, 0.1) is 23.6 Å². The first-order chi connectivity index (χ1) is 11.0. The molecule has 122 valence electrons. The molecule has 1 aromatic rings. The standard InChI is InChI=1S/C15H17N3O4S/c1-23-9-12(14(20)17-8-4-7-16)18-13(19)10-5-2-3-6-11(10)15(21)22/h2-3,5-6,12H,4,8-9H2,1H3,(H,17,20)(H,18,19)(H,21,22). The quantitative estimate of drug-likeness (QED) is 0.607. The van der Waals surface area contributed by atoms with Gasteiger partial charge in [0.25, 0.3) is 5.91 Å². The molecule has 0 aliphatic carbocycles. The molecule has 0 aromatic heterocycles. The molecule has 1 aromatic carbocycles. The van der Waals surface area contributed by atoms with Crippen LogP contribution in [0.2, 0.25) is 0 Å². The first-order valence-corrected chi connectivity index (χ1v) is 8.17. The molecule has 0 saturated heterocycles.